The quantitative estimate of drug-likeness (QED) is 0.690. The molecule has 1 aromatic heterocycles. The van der Waals surface area contributed by atoms with E-state index in [1.54, 1.807) is 6.33 Å². The third-order valence-corrected chi connectivity index (χ3v) is 1.76. The van der Waals surface area contributed by atoms with E-state index >= 15 is 0 Å². The molecule has 1 aromatic rings. The van der Waals surface area contributed by atoms with E-state index in [0.717, 1.165) is 17.9 Å². The van der Waals surface area contributed by atoms with Crippen molar-refractivity contribution in [2.45, 2.75) is 27.2 Å². The lowest BCUT2D eigenvalue weighted by atomic mass is 9.90. The molecule has 0 unspecified atom stereocenters. The molecular formula is C9H17N3. The summed E-state index contributed by atoms with van der Waals surface area (Å²) in [6.45, 7) is 6.54. The Labute approximate surface area is 73.6 Å². The van der Waals surface area contributed by atoms with E-state index in [9.17, 15) is 0 Å². The maximum absolute atomic E-state index is 5.81. The first kappa shape index (κ1) is 9.10. The smallest absolute Gasteiger partial charge is 0.126 e. The first-order valence-corrected chi connectivity index (χ1v) is 4.16. The van der Waals surface area contributed by atoms with Crippen molar-refractivity contribution >= 4 is 5.82 Å². The van der Waals surface area contributed by atoms with Gasteiger partial charge in [0, 0.05) is 7.05 Å². The molecule has 0 bridgehead atoms. The van der Waals surface area contributed by atoms with Gasteiger partial charge in [0.05, 0.1) is 12.0 Å². The number of hydrogen-bond acceptors (Lipinski definition) is 2. The normalized spacial score (nSPS) is 12.0. The van der Waals surface area contributed by atoms with Gasteiger partial charge in [-0.1, -0.05) is 20.8 Å². The van der Waals surface area contributed by atoms with Gasteiger partial charge < -0.3 is 10.3 Å². The lowest BCUT2D eigenvalue weighted by molar-refractivity contribution is 0.407. The third-order valence-electron chi connectivity index (χ3n) is 1.76. The second-order valence-corrected chi connectivity index (χ2v) is 4.42. The van der Waals surface area contributed by atoms with Crippen molar-refractivity contribution in [1.82, 2.24) is 9.55 Å². The standard InChI is InChI=1S/C9H17N3/c1-9(2,3)5-7-8(10)12(4)6-11-7/h6H,5,10H2,1-4H3. The highest BCUT2D eigenvalue weighted by molar-refractivity contribution is 5.36. The summed E-state index contributed by atoms with van der Waals surface area (Å²) in [5.74, 6) is 0.782. The van der Waals surface area contributed by atoms with Crippen molar-refractivity contribution in [1.29, 1.82) is 0 Å². The second kappa shape index (κ2) is 2.81. The van der Waals surface area contributed by atoms with Crippen LogP contribution in [0.1, 0.15) is 26.5 Å². The van der Waals surface area contributed by atoms with E-state index < -0.39 is 0 Å². The summed E-state index contributed by atoms with van der Waals surface area (Å²) < 4.78 is 1.85. The lowest BCUT2D eigenvalue weighted by Gasteiger charge is -2.16. The minimum absolute atomic E-state index is 0.252. The molecule has 3 nitrogen and oxygen atoms in total. The second-order valence-electron chi connectivity index (χ2n) is 4.42. The molecule has 0 radical (unpaired) electrons. The largest absolute Gasteiger partial charge is 0.384 e. The molecule has 0 aliphatic heterocycles. The summed E-state index contributed by atoms with van der Waals surface area (Å²) in [4.78, 5) is 4.24. The zero-order chi connectivity index (χ0) is 9.35. The van der Waals surface area contributed by atoms with Gasteiger partial charge in [-0.25, -0.2) is 4.98 Å². The summed E-state index contributed by atoms with van der Waals surface area (Å²) in [6.07, 6.45) is 2.69. The number of aromatic nitrogens is 2. The molecule has 0 aliphatic rings. The Morgan fingerprint density at radius 1 is 1.50 bits per heavy atom. The van der Waals surface area contributed by atoms with Gasteiger partial charge in [0.2, 0.25) is 0 Å². The van der Waals surface area contributed by atoms with Crippen LogP contribution in [-0.4, -0.2) is 9.55 Å². The number of rotatable bonds is 1. The Morgan fingerprint density at radius 2 is 2.08 bits per heavy atom. The summed E-state index contributed by atoms with van der Waals surface area (Å²) in [6, 6.07) is 0. The average Bonchev–Trinajstić information content (AvgIpc) is 2.16. The molecule has 68 valence electrons. The van der Waals surface area contributed by atoms with Crippen molar-refractivity contribution in [2.24, 2.45) is 12.5 Å². The molecule has 12 heavy (non-hydrogen) atoms. The van der Waals surface area contributed by atoms with Crippen molar-refractivity contribution in [2.75, 3.05) is 5.73 Å². The molecule has 0 saturated heterocycles. The van der Waals surface area contributed by atoms with Crippen LogP contribution in [0, 0.1) is 5.41 Å². The fourth-order valence-corrected chi connectivity index (χ4v) is 1.13. The zero-order valence-corrected chi connectivity index (χ0v) is 8.26. The van der Waals surface area contributed by atoms with Crippen LogP contribution in [0.15, 0.2) is 6.33 Å². The lowest BCUT2D eigenvalue weighted by Crippen LogP contribution is -2.11. The van der Waals surface area contributed by atoms with Crippen LogP contribution in [0.4, 0.5) is 5.82 Å². The SMILES string of the molecule is Cn1cnc(CC(C)(C)C)c1N. The maximum atomic E-state index is 5.81. The van der Waals surface area contributed by atoms with Gasteiger partial charge in [0.15, 0.2) is 0 Å². The van der Waals surface area contributed by atoms with E-state index in [0.29, 0.717) is 0 Å². The molecule has 3 heteroatoms. The first-order chi connectivity index (χ1) is 5.40. The van der Waals surface area contributed by atoms with Crippen LogP contribution in [0.3, 0.4) is 0 Å². The van der Waals surface area contributed by atoms with E-state index in [4.69, 9.17) is 5.73 Å². The van der Waals surface area contributed by atoms with Crippen LogP contribution in [0.5, 0.6) is 0 Å². The molecule has 0 aliphatic carbocycles. The first-order valence-electron chi connectivity index (χ1n) is 4.16. The Kier molecular flexibility index (Phi) is 2.13. The Bertz CT molecular complexity index is 268. The van der Waals surface area contributed by atoms with E-state index in [1.807, 2.05) is 11.6 Å². The minimum Gasteiger partial charge on any atom is -0.384 e. The molecular weight excluding hydrogens is 150 g/mol. The molecule has 0 fully saturated rings. The van der Waals surface area contributed by atoms with Crippen molar-refractivity contribution in [3.63, 3.8) is 0 Å². The zero-order valence-electron chi connectivity index (χ0n) is 8.26. The number of nitrogens with two attached hydrogens (primary N) is 1. The van der Waals surface area contributed by atoms with E-state index in [-0.39, 0.29) is 5.41 Å². The van der Waals surface area contributed by atoms with Crippen molar-refractivity contribution < 1.29 is 0 Å². The molecule has 0 atom stereocenters. The van der Waals surface area contributed by atoms with Gasteiger partial charge in [-0.15, -0.1) is 0 Å². The predicted molar refractivity (Wildman–Crippen MR) is 50.8 cm³/mol. The third kappa shape index (κ3) is 2.00. The van der Waals surface area contributed by atoms with E-state index in [1.165, 1.54) is 0 Å². The van der Waals surface area contributed by atoms with Crippen LogP contribution in [-0.2, 0) is 13.5 Å². The molecule has 1 rings (SSSR count). The molecule has 0 spiro atoms. The number of imidazole rings is 1. The van der Waals surface area contributed by atoms with Crippen LogP contribution < -0.4 is 5.73 Å². The maximum Gasteiger partial charge on any atom is 0.126 e. The Morgan fingerprint density at radius 3 is 2.42 bits per heavy atom. The Balaban J connectivity index is 2.83. The van der Waals surface area contributed by atoms with Gasteiger partial charge >= 0.3 is 0 Å². The average molecular weight is 167 g/mol. The van der Waals surface area contributed by atoms with Gasteiger partial charge in [0.25, 0.3) is 0 Å². The highest BCUT2D eigenvalue weighted by Gasteiger charge is 2.15. The molecule has 0 saturated carbocycles. The summed E-state index contributed by atoms with van der Waals surface area (Å²) in [7, 11) is 1.91. The summed E-state index contributed by atoms with van der Waals surface area (Å²) in [5.41, 5.74) is 7.07. The number of anilines is 1. The summed E-state index contributed by atoms with van der Waals surface area (Å²) in [5, 5.41) is 0. The van der Waals surface area contributed by atoms with Crippen LogP contribution in [0.2, 0.25) is 0 Å². The van der Waals surface area contributed by atoms with Crippen molar-refractivity contribution in [3.8, 4) is 0 Å². The monoisotopic (exact) mass is 167 g/mol. The fourth-order valence-electron chi connectivity index (χ4n) is 1.13. The fraction of sp³-hybridized carbons (Fsp3) is 0.667. The summed E-state index contributed by atoms with van der Waals surface area (Å²) >= 11 is 0. The number of hydrogen-bond donors (Lipinski definition) is 1. The minimum atomic E-state index is 0.252. The van der Waals surface area contributed by atoms with Gasteiger partial charge in [-0.3, -0.25) is 0 Å². The van der Waals surface area contributed by atoms with E-state index in [2.05, 4.69) is 25.8 Å². The van der Waals surface area contributed by atoms with Gasteiger partial charge in [-0.05, 0) is 11.8 Å². The number of nitrogen functional groups attached to an aromatic ring is 1. The Hall–Kier alpha value is -0.990. The molecule has 1 heterocycles. The number of aryl methyl sites for hydroxylation is 1. The van der Waals surface area contributed by atoms with Crippen molar-refractivity contribution in [3.05, 3.63) is 12.0 Å². The number of nitrogens with zero attached hydrogens (tertiary/aromatic N) is 2. The predicted octanol–water partition coefficient (Wildman–Crippen LogP) is 1.59. The van der Waals surface area contributed by atoms with Gasteiger partial charge in [-0.2, -0.15) is 0 Å². The molecule has 0 amide bonds. The topological polar surface area (TPSA) is 43.8 Å². The highest BCUT2D eigenvalue weighted by Crippen LogP contribution is 2.22. The van der Waals surface area contributed by atoms with Gasteiger partial charge in [0.1, 0.15) is 5.82 Å². The van der Waals surface area contributed by atoms with Crippen LogP contribution in [0.25, 0.3) is 0 Å². The highest BCUT2D eigenvalue weighted by atomic mass is 15.1. The van der Waals surface area contributed by atoms with Crippen LogP contribution >= 0.6 is 0 Å². The molecule has 2 N–H and O–H groups in total. The molecule has 0 aromatic carbocycles.